The van der Waals surface area contributed by atoms with E-state index in [-0.39, 0.29) is 17.7 Å². The number of amides is 2. The number of fused-ring (bicyclic) bond motifs is 1. The van der Waals surface area contributed by atoms with Gasteiger partial charge in [0.25, 0.3) is 0 Å². The van der Waals surface area contributed by atoms with Crippen LogP contribution in [0.2, 0.25) is 0 Å². The topological polar surface area (TPSA) is 91.0 Å². The van der Waals surface area contributed by atoms with Gasteiger partial charge in [-0.15, -0.1) is 0 Å². The van der Waals surface area contributed by atoms with Crippen LogP contribution in [0, 0.1) is 19.8 Å². The molecular formula is C20H21N5O2. The molecule has 2 heterocycles. The molecule has 0 radical (unpaired) electrons. The number of para-hydroxylation sites is 1. The van der Waals surface area contributed by atoms with E-state index in [0.717, 1.165) is 11.3 Å². The molecule has 0 saturated carbocycles. The lowest BCUT2D eigenvalue weighted by atomic mass is 9.95. The summed E-state index contributed by atoms with van der Waals surface area (Å²) in [7, 11) is 0. The molecule has 1 aromatic heterocycles. The Bertz CT molecular complexity index is 1030. The fourth-order valence-corrected chi connectivity index (χ4v) is 3.41. The molecule has 0 aliphatic carbocycles. The highest BCUT2D eigenvalue weighted by Gasteiger charge is 2.31. The van der Waals surface area contributed by atoms with Crippen LogP contribution in [-0.2, 0) is 9.59 Å². The molecule has 1 aliphatic heterocycles. The van der Waals surface area contributed by atoms with Gasteiger partial charge in [-0.3, -0.25) is 9.59 Å². The van der Waals surface area contributed by atoms with E-state index in [4.69, 9.17) is 0 Å². The van der Waals surface area contributed by atoms with Gasteiger partial charge in [-0.25, -0.2) is 0 Å². The number of nitrogens with zero attached hydrogens (tertiary/aromatic N) is 3. The summed E-state index contributed by atoms with van der Waals surface area (Å²) in [5, 5.41) is 13.6. The lowest BCUT2D eigenvalue weighted by Crippen LogP contribution is -2.44. The number of aryl methyl sites for hydroxylation is 2. The van der Waals surface area contributed by atoms with Crippen molar-refractivity contribution in [2.24, 2.45) is 5.92 Å². The van der Waals surface area contributed by atoms with Crippen LogP contribution in [0.3, 0.4) is 0 Å². The smallest absolute Gasteiger partial charge is 0.229 e. The summed E-state index contributed by atoms with van der Waals surface area (Å²) in [6, 6.07) is 11.4. The molecule has 1 fully saturated rings. The minimum Gasteiger partial charge on any atom is -0.324 e. The molecule has 0 bridgehead atoms. The number of H-pyrrole nitrogens is 1. The number of carbonyl (C=O) groups excluding carboxylic acids is 2. The quantitative estimate of drug-likeness (QED) is 0.748. The molecule has 4 rings (SSSR count). The molecule has 1 saturated heterocycles. The van der Waals surface area contributed by atoms with E-state index in [1.165, 1.54) is 5.56 Å². The van der Waals surface area contributed by atoms with Crippen LogP contribution in [0.5, 0.6) is 0 Å². The highest BCUT2D eigenvalue weighted by Crippen LogP contribution is 2.27. The Labute approximate surface area is 156 Å². The molecule has 0 spiro atoms. The predicted molar refractivity (Wildman–Crippen MR) is 104 cm³/mol. The third kappa shape index (κ3) is 3.28. The minimum atomic E-state index is -0.272. The molecule has 1 aliphatic rings. The second kappa shape index (κ2) is 6.83. The van der Waals surface area contributed by atoms with Crippen LogP contribution in [0.1, 0.15) is 24.0 Å². The van der Waals surface area contributed by atoms with E-state index in [1.54, 1.807) is 11.0 Å². The van der Waals surface area contributed by atoms with E-state index in [1.807, 2.05) is 44.2 Å². The van der Waals surface area contributed by atoms with Gasteiger partial charge < -0.3 is 10.2 Å². The van der Waals surface area contributed by atoms with Crippen LogP contribution >= 0.6 is 0 Å². The van der Waals surface area contributed by atoms with Crippen molar-refractivity contribution in [3.05, 3.63) is 47.5 Å². The average molecular weight is 363 g/mol. The Hall–Kier alpha value is -3.22. The summed E-state index contributed by atoms with van der Waals surface area (Å²) in [5.41, 5.74) is 5.11. The number of benzene rings is 2. The number of hydrogen-bond acceptors (Lipinski definition) is 4. The molecule has 27 heavy (non-hydrogen) atoms. The standard InChI is InChI=1S/C20H21N5O2/c1-12-6-8-15(10-13(12)2)25-11-14(7-9-18(25)26)20(27)21-16-4-3-5-17-19(16)23-24-22-17/h3-6,8,10,14H,7,9,11H2,1-2H3,(H,21,27)(H,22,23,24). The Balaban J connectivity index is 1.53. The molecule has 2 N–H and O–H groups in total. The number of aromatic amines is 1. The molecule has 2 aromatic carbocycles. The summed E-state index contributed by atoms with van der Waals surface area (Å²) in [6.07, 6.45) is 0.903. The van der Waals surface area contributed by atoms with E-state index in [9.17, 15) is 9.59 Å². The SMILES string of the molecule is Cc1ccc(N2CC(C(=O)Nc3cccc4n[nH]nc34)CCC2=O)cc1C. The zero-order chi connectivity index (χ0) is 19.0. The third-order valence-electron chi connectivity index (χ3n) is 5.19. The van der Waals surface area contributed by atoms with Gasteiger partial charge >= 0.3 is 0 Å². The Morgan fingerprint density at radius 1 is 1.19 bits per heavy atom. The maximum atomic E-state index is 12.8. The summed E-state index contributed by atoms with van der Waals surface area (Å²) in [6.45, 7) is 4.44. The molecule has 3 aromatic rings. The van der Waals surface area contributed by atoms with Gasteiger partial charge in [0, 0.05) is 18.7 Å². The first-order chi connectivity index (χ1) is 13.0. The van der Waals surface area contributed by atoms with Crippen molar-refractivity contribution >= 4 is 34.2 Å². The van der Waals surface area contributed by atoms with Crippen LogP contribution in [-0.4, -0.2) is 33.8 Å². The maximum absolute atomic E-state index is 12.8. The molecule has 7 heteroatoms. The van der Waals surface area contributed by atoms with Crippen molar-refractivity contribution in [3.63, 3.8) is 0 Å². The second-order valence-electron chi connectivity index (χ2n) is 6.99. The molecule has 7 nitrogen and oxygen atoms in total. The van der Waals surface area contributed by atoms with Crippen molar-refractivity contribution in [2.45, 2.75) is 26.7 Å². The summed E-state index contributed by atoms with van der Waals surface area (Å²) in [5.74, 6) is -0.320. The first-order valence-electron chi connectivity index (χ1n) is 9.01. The molecule has 1 atom stereocenters. The normalized spacial score (nSPS) is 17.3. The van der Waals surface area contributed by atoms with E-state index >= 15 is 0 Å². The first kappa shape index (κ1) is 17.2. The van der Waals surface area contributed by atoms with Crippen LogP contribution in [0.4, 0.5) is 11.4 Å². The van der Waals surface area contributed by atoms with Gasteiger partial charge in [0.15, 0.2) is 0 Å². The number of piperidine rings is 1. The van der Waals surface area contributed by atoms with E-state index in [0.29, 0.717) is 36.1 Å². The zero-order valence-corrected chi connectivity index (χ0v) is 15.3. The molecule has 138 valence electrons. The van der Waals surface area contributed by atoms with Crippen LogP contribution < -0.4 is 10.2 Å². The van der Waals surface area contributed by atoms with Crippen molar-refractivity contribution in [1.29, 1.82) is 0 Å². The van der Waals surface area contributed by atoms with Crippen molar-refractivity contribution in [2.75, 3.05) is 16.8 Å². The molecule has 1 unspecified atom stereocenters. The maximum Gasteiger partial charge on any atom is 0.229 e. The number of hydrogen-bond donors (Lipinski definition) is 2. The summed E-state index contributed by atoms with van der Waals surface area (Å²) >= 11 is 0. The third-order valence-corrected chi connectivity index (χ3v) is 5.19. The van der Waals surface area contributed by atoms with E-state index < -0.39 is 0 Å². The number of carbonyl (C=O) groups is 2. The Morgan fingerprint density at radius 3 is 2.85 bits per heavy atom. The fraction of sp³-hybridized carbons (Fsp3) is 0.300. The number of anilines is 2. The lowest BCUT2D eigenvalue weighted by Gasteiger charge is -2.32. The van der Waals surface area contributed by atoms with Crippen molar-refractivity contribution in [1.82, 2.24) is 15.4 Å². The molecular weight excluding hydrogens is 342 g/mol. The van der Waals surface area contributed by atoms with Crippen LogP contribution in [0.25, 0.3) is 11.0 Å². The highest BCUT2D eigenvalue weighted by atomic mass is 16.2. The molecule has 2 amide bonds. The lowest BCUT2D eigenvalue weighted by molar-refractivity contribution is -0.124. The zero-order valence-electron chi connectivity index (χ0n) is 15.3. The number of rotatable bonds is 3. The average Bonchev–Trinajstić information content (AvgIpc) is 3.14. The number of aromatic nitrogens is 3. The fourth-order valence-electron chi connectivity index (χ4n) is 3.41. The van der Waals surface area contributed by atoms with Gasteiger partial charge in [-0.1, -0.05) is 12.1 Å². The Kier molecular flexibility index (Phi) is 4.35. The Morgan fingerprint density at radius 2 is 2.04 bits per heavy atom. The van der Waals surface area contributed by atoms with Gasteiger partial charge in [0.1, 0.15) is 11.0 Å². The highest BCUT2D eigenvalue weighted by molar-refractivity contribution is 6.02. The largest absolute Gasteiger partial charge is 0.324 e. The predicted octanol–water partition coefficient (Wildman–Crippen LogP) is 2.96. The van der Waals surface area contributed by atoms with Crippen LogP contribution in [0.15, 0.2) is 36.4 Å². The van der Waals surface area contributed by atoms with Crippen molar-refractivity contribution in [3.8, 4) is 0 Å². The van der Waals surface area contributed by atoms with E-state index in [2.05, 4.69) is 20.7 Å². The van der Waals surface area contributed by atoms with Gasteiger partial charge in [0.2, 0.25) is 11.8 Å². The van der Waals surface area contributed by atoms with Crippen molar-refractivity contribution < 1.29 is 9.59 Å². The second-order valence-corrected chi connectivity index (χ2v) is 6.99. The summed E-state index contributed by atoms with van der Waals surface area (Å²) in [4.78, 5) is 27.0. The number of nitrogens with one attached hydrogen (secondary N) is 2. The van der Waals surface area contributed by atoms with Gasteiger partial charge in [-0.2, -0.15) is 15.4 Å². The van der Waals surface area contributed by atoms with Gasteiger partial charge in [-0.05, 0) is 55.7 Å². The van der Waals surface area contributed by atoms with Gasteiger partial charge in [0.05, 0.1) is 11.6 Å². The monoisotopic (exact) mass is 363 g/mol. The summed E-state index contributed by atoms with van der Waals surface area (Å²) < 4.78 is 0. The minimum absolute atomic E-state index is 0.0564. The first-order valence-corrected chi connectivity index (χ1v) is 9.01.